The molecule has 0 saturated heterocycles. The van der Waals surface area contributed by atoms with Gasteiger partial charge in [0.05, 0.1) is 17.3 Å². The minimum absolute atomic E-state index is 0.129. The highest BCUT2D eigenvalue weighted by Crippen LogP contribution is 2.29. The van der Waals surface area contributed by atoms with Gasteiger partial charge in [0.15, 0.2) is 0 Å². The zero-order valence-electron chi connectivity index (χ0n) is 18.5. The van der Waals surface area contributed by atoms with Gasteiger partial charge >= 0.3 is 0 Å². The number of fused-ring (bicyclic) bond motifs is 1. The third-order valence-electron chi connectivity index (χ3n) is 5.41. The highest BCUT2D eigenvalue weighted by atomic mass is 35.5. The number of unbranched alkanes of at least 4 members (excludes halogenated alkanes) is 1. The molecule has 9 heteroatoms. The van der Waals surface area contributed by atoms with Crippen molar-refractivity contribution in [3.8, 4) is 28.4 Å². The number of nitrogens with zero attached hydrogens (tertiary/aromatic N) is 5. The standard InChI is InChI=1S/C25H22ClN5O3/c1-2-3-14-33-22-11-7-5-9-18(22)20-15-21-25(32)30(12-13-31(21)28-20)16-23-27-24(29-34-23)17-8-4-6-10-19(17)26/h4-13,15H,2-3,14,16H2,1H3. The quantitative estimate of drug-likeness (QED) is 0.290. The number of para-hydroxylation sites is 1. The Morgan fingerprint density at radius 1 is 1.06 bits per heavy atom. The van der Waals surface area contributed by atoms with Gasteiger partial charge in [-0.05, 0) is 36.8 Å². The molecule has 3 heterocycles. The molecular weight excluding hydrogens is 454 g/mol. The molecule has 0 radical (unpaired) electrons. The van der Waals surface area contributed by atoms with Crippen LogP contribution in [0.1, 0.15) is 25.7 Å². The Kier molecular flexibility index (Phi) is 6.14. The first kappa shape index (κ1) is 21.9. The van der Waals surface area contributed by atoms with E-state index in [4.69, 9.17) is 20.9 Å². The van der Waals surface area contributed by atoms with Gasteiger partial charge in [-0.2, -0.15) is 10.1 Å². The van der Waals surface area contributed by atoms with Crippen molar-refractivity contribution in [1.82, 2.24) is 24.3 Å². The second kappa shape index (κ2) is 9.52. The summed E-state index contributed by atoms with van der Waals surface area (Å²) in [4.78, 5) is 17.6. The molecule has 5 rings (SSSR count). The Hall–Kier alpha value is -3.91. The van der Waals surface area contributed by atoms with Crippen LogP contribution >= 0.6 is 11.6 Å². The van der Waals surface area contributed by atoms with E-state index >= 15 is 0 Å². The van der Waals surface area contributed by atoms with E-state index < -0.39 is 0 Å². The van der Waals surface area contributed by atoms with Crippen molar-refractivity contribution < 1.29 is 9.26 Å². The molecule has 0 spiro atoms. The van der Waals surface area contributed by atoms with Crippen LogP contribution in [-0.4, -0.2) is 30.9 Å². The number of hydrogen-bond acceptors (Lipinski definition) is 6. The van der Waals surface area contributed by atoms with Crippen molar-refractivity contribution in [3.05, 3.63) is 88.3 Å². The molecule has 0 aliphatic rings. The normalized spacial score (nSPS) is 11.2. The van der Waals surface area contributed by atoms with Crippen molar-refractivity contribution >= 4 is 17.1 Å². The number of halogens is 1. The fourth-order valence-corrected chi connectivity index (χ4v) is 3.85. The minimum atomic E-state index is -0.219. The smallest absolute Gasteiger partial charge is 0.277 e. The number of ether oxygens (including phenoxy) is 1. The van der Waals surface area contributed by atoms with E-state index in [9.17, 15) is 4.79 Å². The number of rotatable bonds is 8. The van der Waals surface area contributed by atoms with Crippen molar-refractivity contribution in [2.24, 2.45) is 0 Å². The molecule has 3 aromatic heterocycles. The van der Waals surface area contributed by atoms with Crippen molar-refractivity contribution in [3.63, 3.8) is 0 Å². The SMILES string of the molecule is CCCCOc1ccccc1-c1cc2c(=O)n(Cc3nc(-c4ccccc4Cl)no3)ccn2n1. The molecule has 0 aliphatic carbocycles. The molecule has 0 atom stereocenters. The molecule has 0 N–H and O–H groups in total. The van der Waals surface area contributed by atoms with E-state index in [1.807, 2.05) is 42.5 Å². The molecular formula is C25H22ClN5O3. The Balaban J connectivity index is 1.44. The molecule has 0 aliphatic heterocycles. The average Bonchev–Trinajstić information content (AvgIpc) is 3.49. The molecule has 8 nitrogen and oxygen atoms in total. The van der Waals surface area contributed by atoms with Gasteiger partial charge in [0, 0.05) is 23.5 Å². The van der Waals surface area contributed by atoms with Crippen molar-refractivity contribution in [2.45, 2.75) is 26.3 Å². The second-order valence-electron chi connectivity index (χ2n) is 7.78. The van der Waals surface area contributed by atoms with Crippen molar-refractivity contribution in [2.75, 3.05) is 6.61 Å². The van der Waals surface area contributed by atoms with Crippen molar-refractivity contribution in [1.29, 1.82) is 0 Å². The summed E-state index contributed by atoms with van der Waals surface area (Å²) in [6.07, 6.45) is 5.40. The summed E-state index contributed by atoms with van der Waals surface area (Å²) in [7, 11) is 0. The Morgan fingerprint density at radius 3 is 2.68 bits per heavy atom. The van der Waals surface area contributed by atoms with E-state index in [2.05, 4.69) is 22.2 Å². The lowest BCUT2D eigenvalue weighted by molar-refractivity contribution is 0.310. The van der Waals surface area contributed by atoms with Gasteiger partial charge in [-0.1, -0.05) is 54.4 Å². The predicted molar refractivity (Wildman–Crippen MR) is 129 cm³/mol. The Morgan fingerprint density at radius 2 is 1.85 bits per heavy atom. The van der Waals surface area contributed by atoms with Gasteiger partial charge in [-0.15, -0.1) is 0 Å². The zero-order valence-corrected chi connectivity index (χ0v) is 19.3. The summed E-state index contributed by atoms with van der Waals surface area (Å²) in [6, 6.07) is 16.7. The van der Waals surface area contributed by atoms with Gasteiger partial charge in [-0.25, -0.2) is 4.52 Å². The molecule has 0 unspecified atom stereocenters. The molecule has 0 fully saturated rings. The molecule has 0 bridgehead atoms. The largest absolute Gasteiger partial charge is 0.493 e. The maximum Gasteiger partial charge on any atom is 0.277 e. The Labute approximate surface area is 200 Å². The monoisotopic (exact) mass is 475 g/mol. The van der Waals surface area contributed by atoms with Crippen LogP contribution in [0.5, 0.6) is 5.75 Å². The number of hydrogen-bond donors (Lipinski definition) is 0. The first-order chi connectivity index (χ1) is 16.6. The van der Waals surface area contributed by atoms with E-state index in [1.54, 1.807) is 29.0 Å². The lowest BCUT2D eigenvalue weighted by atomic mass is 10.1. The summed E-state index contributed by atoms with van der Waals surface area (Å²) >= 11 is 6.22. The highest BCUT2D eigenvalue weighted by Gasteiger charge is 2.15. The van der Waals surface area contributed by atoms with Crippen LogP contribution in [0.4, 0.5) is 0 Å². The fraction of sp³-hybridized carbons (Fsp3) is 0.200. The summed E-state index contributed by atoms with van der Waals surface area (Å²) in [5, 5.41) is 9.12. The zero-order chi connectivity index (χ0) is 23.5. The average molecular weight is 476 g/mol. The maximum absolute atomic E-state index is 13.2. The molecule has 2 aromatic carbocycles. The van der Waals surface area contributed by atoms with Crippen LogP contribution in [0.15, 0.2) is 76.3 Å². The summed E-state index contributed by atoms with van der Waals surface area (Å²) in [5.41, 5.74) is 2.40. The van der Waals surface area contributed by atoms with E-state index in [0.29, 0.717) is 40.1 Å². The van der Waals surface area contributed by atoms with Gasteiger partial charge in [-0.3, -0.25) is 4.79 Å². The van der Waals surface area contributed by atoms with Gasteiger partial charge in [0.25, 0.3) is 5.56 Å². The van der Waals surface area contributed by atoms with Crippen LogP contribution in [0.25, 0.3) is 28.2 Å². The lowest BCUT2D eigenvalue weighted by Gasteiger charge is -2.09. The number of benzene rings is 2. The van der Waals surface area contributed by atoms with Crippen LogP contribution in [-0.2, 0) is 6.54 Å². The van der Waals surface area contributed by atoms with Crippen LogP contribution < -0.4 is 10.3 Å². The first-order valence-electron chi connectivity index (χ1n) is 11.0. The van der Waals surface area contributed by atoms with Gasteiger partial charge in [0.2, 0.25) is 11.7 Å². The fourth-order valence-electron chi connectivity index (χ4n) is 3.63. The minimum Gasteiger partial charge on any atom is -0.493 e. The van der Waals surface area contributed by atoms with E-state index in [-0.39, 0.29) is 12.1 Å². The topological polar surface area (TPSA) is 87.5 Å². The first-order valence-corrected chi connectivity index (χ1v) is 11.4. The summed E-state index contributed by atoms with van der Waals surface area (Å²) < 4.78 is 14.4. The van der Waals surface area contributed by atoms with E-state index in [1.165, 1.54) is 4.57 Å². The lowest BCUT2D eigenvalue weighted by Crippen LogP contribution is -2.21. The molecule has 34 heavy (non-hydrogen) atoms. The molecule has 5 aromatic rings. The van der Waals surface area contributed by atoms with Gasteiger partial charge in [0.1, 0.15) is 17.8 Å². The number of aromatic nitrogens is 5. The van der Waals surface area contributed by atoms with Crippen LogP contribution in [0, 0.1) is 0 Å². The van der Waals surface area contributed by atoms with Crippen LogP contribution in [0.2, 0.25) is 5.02 Å². The van der Waals surface area contributed by atoms with Crippen LogP contribution in [0.3, 0.4) is 0 Å². The molecule has 172 valence electrons. The molecule has 0 amide bonds. The second-order valence-corrected chi connectivity index (χ2v) is 8.19. The van der Waals surface area contributed by atoms with E-state index in [0.717, 1.165) is 24.2 Å². The summed E-state index contributed by atoms with van der Waals surface area (Å²) in [6.45, 7) is 2.88. The third kappa shape index (κ3) is 4.32. The summed E-state index contributed by atoms with van der Waals surface area (Å²) in [5.74, 6) is 1.43. The predicted octanol–water partition coefficient (Wildman–Crippen LogP) is 5.09. The third-order valence-corrected chi connectivity index (χ3v) is 5.74. The highest BCUT2D eigenvalue weighted by molar-refractivity contribution is 6.33. The van der Waals surface area contributed by atoms with Gasteiger partial charge < -0.3 is 13.8 Å². The Bertz CT molecular complexity index is 1500. The maximum atomic E-state index is 13.2. The molecule has 0 saturated carbocycles.